The van der Waals surface area contributed by atoms with Crippen molar-refractivity contribution in [2.45, 2.75) is 26.7 Å². The number of amidine groups is 1. The highest BCUT2D eigenvalue weighted by molar-refractivity contribution is 5.83. The van der Waals surface area contributed by atoms with Crippen molar-refractivity contribution in [3.05, 3.63) is 23.8 Å². The van der Waals surface area contributed by atoms with Gasteiger partial charge in [0.2, 0.25) is 0 Å². The quantitative estimate of drug-likeness (QED) is 0.570. The molecule has 0 amide bonds. The summed E-state index contributed by atoms with van der Waals surface area (Å²) in [5.41, 5.74) is 7.52. The molecule has 0 aliphatic rings. The number of aromatic hydroxyl groups is 1. The van der Waals surface area contributed by atoms with E-state index in [4.69, 9.17) is 5.73 Å². The molecule has 0 spiro atoms. The molecule has 0 radical (unpaired) electrons. The van der Waals surface area contributed by atoms with Crippen LogP contribution in [0.15, 0.2) is 23.2 Å². The van der Waals surface area contributed by atoms with E-state index in [1.807, 2.05) is 13.8 Å². The molecule has 0 atom stereocenters. The van der Waals surface area contributed by atoms with Crippen LogP contribution in [-0.4, -0.2) is 10.9 Å². The van der Waals surface area contributed by atoms with Gasteiger partial charge >= 0.3 is 0 Å². The molecule has 1 rings (SSSR count). The molecule has 0 aliphatic heterocycles. The highest BCUT2D eigenvalue weighted by Gasteiger charge is 2.00. The second-order valence-corrected chi connectivity index (χ2v) is 3.12. The second-order valence-electron chi connectivity index (χ2n) is 3.12. The van der Waals surface area contributed by atoms with Gasteiger partial charge in [-0.1, -0.05) is 13.8 Å². The van der Waals surface area contributed by atoms with Gasteiger partial charge in [-0.25, -0.2) is 4.99 Å². The maximum Gasteiger partial charge on any atom is 0.116 e. The minimum atomic E-state index is 0.274. The topological polar surface area (TPSA) is 58.6 Å². The molecule has 76 valence electrons. The Morgan fingerprint density at radius 2 is 2.14 bits per heavy atom. The Bertz CT molecular complexity index is 345. The van der Waals surface area contributed by atoms with Crippen LogP contribution in [0.2, 0.25) is 0 Å². The van der Waals surface area contributed by atoms with Crippen molar-refractivity contribution in [1.29, 1.82) is 0 Å². The molecule has 0 aromatic heterocycles. The number of phenolic OH excluding ortho intramolecular Hbond substituents is 1. The van der Waals surface area contributed by atoms with Crippen molar-refractivity contribution in [2.75, 3.05) is 0 Å². The molecule has 14 heavy (non-hydrogen) atoms. The van der Waals surface area contributed by atoms with E-state index >= 15 is 0 Å². The number of benzene rings is 1. The van der Waals surface area contributed by atoms with E-state index in [1.165, 1.54) is 0 Å². The molecule has 0 fully saturated rings. The van der Waals surface area contributed by atoms with E-state index in [0.717, 1.165) is 24.1 Å². The largest absolute Gasteiger partial charge is 0.508 e. The zero-order valence-corrected chi connectivity index (χ0v) is 8.62. The van der Waals surface area contributed by atoms with Crippen LogP contribution in [0.1, 0.15) is 25.8 Å². The van der Waals surface area contributed by atoms with Crippen LogP contribution in [0.25, 0.3) is 0 Å². The van der Waals surface area contributed by atoms with Crippen LogP contribution in [-0.2, 0) is 6.42 Å². The SMILES string of the molecule is CCC(N)=Nc1ccc(O)cc1CC. The third-order valence-electron chi connectivity index (χ3n) is 2.07. The fraction of sp³-hybridized carbons (Fsp3) is 0.364. The molecule has 1 aromatic rings. The third-order valence-corrected chi connectivity index (χ3v) is 2.07. The Morgan fingerprint density at radius 1 is 1.43 bits per heavy atom. The van der Waals surface area contributed by atoms with Gasteiger partial charge < -0.3 is 10.8 Å². The summed E-state index contributed by atoms with van der Waals surface area (Å²) in [4.78, 5) is 4.27. The first-order valence-electron chi connectivity index (χ1n) is 4.82. The van der Waals surface area contributed by atoms with E-state index < -0.39 is 0 Å². The highest BCUT2D eigenvalue weighted by Crippen LogP contribution is 2.24. The Labute approximate surface area is 84.3 Å². The Balaban J connectivity index is 3.08. The first-order chi connectivity index (χ1) is 6.67. The summed E-state index contributed by atoms with van der Waals surface area (Å²) in [6, 6.07) is 5.14. The van der Waals surface area contributed by atoms with Gasteiger partial charge in [0.05, 0.1) is 11.5 Å². The molecule has 0 heterocycles. The van der Waals surface area contributed by atoms with E-state index in [9.17, 15) is 5.11 Å². The second kappa shape index (κ2) is 4.65. The fourth-order valence-electron chi connectivity index (χ4n) is 1.20. The smallest absolute Gasteiger partial charge is 0.116 e. The molecule has 3 nitrogen and oxygen atoms in total. The lowest BCUT2D eigenvalue weighted by Gasteiger charge is -2.04. The van der Waals surface area contributed by atoms with E-state index in [2.05, 4.69) is 4.99 Å². The van der Waals surface area contributed by atoms with Gasteiger partial charge in [0, 0.05) is 6.42 Å². The minimum Gasteiger partial charge on any atom is -0.508 e. The maximum absolute atomic E-state index is 9.28. The average molecular weight is 192 g/mol. The molecule has 0 bridgehead atoms. The number of nitrogens with two attached hydrogens (primary N) is 1. The van der Waals surface area contributed by atoms with Crippen molar-refractivity contribution in [1.82, 2.24) is 0 Å². The first-order valence-corrected chi connectivity index (χ1v) is 4.82. The molecule has 0 saturated carbocycles. The van der Waals surface area contributed by atoms with Crippen LogP contribution in [0.3, 0.4) is 0 Å². The first kappa shape index (κ1) is 10.6. The van der Waals surface area contributed by atoms with E-state index in [1.54, 1.807) is 18.2 Å². The number of aryl methyl sites for hydroxylation is 1. The summed E-state index contributed by atoms with van der Waals surface area (Å²) >= 11 is 0. The number of nitrogens with zero attached hydrogens (tertiary/aromatic N) is 1. The van der Waals surface area contributed by atoms with Crippen molar-refractivity contribution < 1.29 is 5.11 Å². The number of rotatable bonds is 3. The summed E-state index contributed by atoms with van der Waals surface area (Å²) in [7, 11) is 0. The van der Waals surface area contributed by atoms with Crippen LogP contribution < -0.4 is 5.73 Å². The molecule has 0 saturated heterocycles. The highest BCUT2D eigenvalue weighted by atomic mass is 16.3. The summed E-state index contributed by atoms with van der Waals surface area (Å²) in [5.74, 6) is 0.890. The lowest BCUT2D eigenvalue weighted by atomic mass is 10.1. The van der Waals surface area contributed by atoms with E-state index in [0.29, 0.717) is 5.84 Å². The van der Waals surface area contributed by atoms with Gasteiger partial charge in [-0.15, -0.1) is 0 Å². The predicted octanol–water partition coefficient (Wildman–Crippen LogP) is 2.35. The van der Waals surface area contributed by atoms with Crippen molar-refractivity contribution in [3.63, 3.8) is 0 Å². The fourth-order valence-corrected chi connectivity index (χ4v) is 1.20. The molecular formula is C11H16N2O. The molecule has 3 heteroatoms. The molecule has 0 aliphatic carbocycles. The normalized spacial score (nSPS) is 11.7. The van der Waals surface area contributed by atoms with Gasteiger partial charge in [-0.2, -0.15) is 0 Å². The molecular weight excluding hydrogens is 176 g/mol. The Hall–Kier alpha value is -1.51. The van der Waals surface area contributed by atoms with Gasteiger partial charge in [0.1, 0.15) is 5.75 Å². The molecule has 1 aromatic carbocycles. The van der Waals surface area contributed by atoms with Crippen molar-refractivity contribution >= 4 is 11.5 Å². The Kier molecular flexibility index (Phi) is 3.51. The zero-order valence-electron chi connectivity index (χ0n) is 8.62. The lowest BCUT2D eigenvalue weighted by Crippen LogP contribution is -2.08. The number of hydrogen-bond acceptors (Lipinski definition) is 2. The van der Waals surface area contributed by atoms with Crippen LogP contribution in [0.4, 0.5) is 5.69 Å². The minimum absolute atomic E-state index is 0.274. The molecule has 3 N–H and O–H groups in total. The maximum atomic E-state index is 9.28. The van der Waals surface area contributed by atoms with Crippen molar-refractivity contribution in [2.24, 2.45) is 10.7 Å². The van der Waals surface area contributed by atoms with Gasteiger partial charge in [0.25, 0.3) is 0 Å². The predicted molar refractivity (Wildman–Crippen MR) is 59.1 cm³/mol. The summed E-state index contributed by atoms with van der Waals surface area (Å²) in [5, 5.41) is 9.28. The lowest BCUT2D eigenvalue weighted by molar-refractivity contribution is 0.474. The average Bonchev–Trinajstić information content (AvgIpc) is 2.20. The zero-order chi connectivity index (χ0) is 10.6. The van der Waals surface area contributed by atoms with Crippen LogP contribution in [0.5, 0.6) is 5.75 Å². The summed E-state index contributed by atoms with van der Waals surface area (Å²) < 4.78 is 0. The van der Waals surface area contributed by atoms with Gasteiger partial charge in [0.15, 0.2) is 0 Å². The Morgan fingerprint density at radius 3 is 2.71 bits per heavy atom. The van der Waals surface area contributed by atoms with Crippen LogP contribution in [0, 0.1) is 0 Å². The third kappa shape index (κ3) is 2.49. The summed E-state index contributed by atoms with van der Waals surface area (Å²) in [6.45, 7) is 3.99. The number of phenols is 1. The van der Waals surface area contributed by atoms with Gasteiger partial charge in [-0.3, -0.25) is 0 Å². The van der Waals surface area contributed by atoms with E-state index in [-0.39, 0.29) is 5.75 Å². The molecule has 0 unspecified atom stereocenters. The monoisotopic (exact) mass is 192 g/mol. The number of aliphatic imine (C=N–C) groups is 1. The number of hydrogen-bond donors (Lipinski definition) is 2. The van der Waals surface area contributed by atoms with Gasteiger partial charge in [-0.05, 0) is 30.2 Å². The standard InChI is InChI=1S/C11H16N2O/c1-3-8-7-9(14)5-6-10(8)13-11(12)4-2/h5-7,14H,3-4H2,1-2H3,(H2,12,13). The summed E-state index contributed by atoms with van der Waals surface area (Å²) in [6.07, 6.45) is 1.58. The van der Waals surface area contributed by atoms with Crippen LogP contribution >= 0.6 is 0 Å². The van der Waals surface area contributed by atoms with Crippen molar-refractivity contribution in [3.8, 4) is 5.75 Å².